The average Bonchev–Trinajstić information content (AvgIpc) is 2.29. The summed E-state index contributed by atoms with van der Waals surface area (Å²) in [6, 6.07) is 2.99. The highest BCUT2D eigenvalue weighted by molar-refractivity contribution is 6.42. The third kappa shape index (κ3) is 4.92. The first-order valence-electron chi connectivity index (χ1n) is 5.42. The Morgan fingerprint density at radius 2 is 1.83 bits per heavy atom. The summed E-state index contributed by atoms with van der Waals surface area (Å²) in [4.78, 5) is 11.5. The lowest BCUT2D eigenvalue weighted by molar-refractivity contribution is 0.159. The van der Waals surface area contributed by atoms with Crippen LogP contribution in [0.1, 0.15) is 19.3 Å². The fourth-order valence-corrected chi connectivity index (χ4v) is 2.15. The number of ether oxygens (including phenoxy) is 1. The Kier molecular flexibility index (Phi) is 6.61. The third-order valence-electron chi connectivity index (χ3n) is 2.11. The van der Waals surface area contributed by atoms with E-state index in [1.807, 2.05) is 0 Å². The minimum absolute atomic E-state index is 0.266. The topological polar surface area (TPSA) is 38.3 Å². The van der Waals surface area contributed by atoms with E-state index in [9.17, 15) is 4.79 Å². The Balaban J connectivity index is 2.54. The van der Waals surface area contributed by atoms with Crippen molar-refractivity contribution in [2.45, 2.75) is 19.3 Å². The lowest BCUT2D eigenvalue weighted by Gasteiger charge is -2.10. The molecule has 6 heteroatoms. The van der Waals surface area contributed by atoms with Gasteiger partial charge in [0.15, 0.2) is 0 Å². The second kappa shape index (κ2) is 7.72. The first-order valence-corrected chi connectivity index (χ1v) is 6.55. The van der Waals surface area contributed by atoms with Crippen LogP contribution in [-0.4, -0.2) is 12.7 Å². The highest BCUT2D eigenvalue weighted by Crippen LogP contribution is 2.33. The molecular weight excluding hydrogens is 296 g/mol. The van der Waals surface area contributed by atoms with Gasteiger partial charge >= 0.3 is 6.09 Å². The van der Waals surface area contributed by atoms with Crippen LogP contribution in [0, 0.1) is 6.92 Å². The normalized spacial score (nSPS) is 10.2. The number of carbonyl (C=O) groups is 1. The summed E-state index contributed by atoms with van der Waals surface area (Å²) in [6.07, 6.45) is 1.92. The Morgan fingerprint density at radius 1 is 1.22 bits per heavy atom. The van der Waals surface area contributed by atoms with Gasteiger partial charge in [0, 0.05) is 5.02 Å². The van der Waals surface area contributed by atoms with Gasteiger partial charge in [-0.25, -0.2) is 4.79 Å². The summed E-state index contributed by atoms with van der Waals surface area (Å²) >= 11 is 17.6. The molecule has 0 spiro atoms. The van der Waals surface area contributed by atoms with Crippen molar-refractivity contribution in [2.24, 2.45) is 0 Å². The first kappa shape index (κ1) is 15.4. The van der Waals surface area contributed by atoms with Gasteiger partial charge in [-0.3, -0.25) is 5.32 Å². The number of anilines is 1. The van der Waals surface area contributed by atoms with Crippen molar-refractivity contribution in [3.8, 4) is 0 Å². The highest BCUT2D eigenvalue weighted by atomic mass is 35.5. The highest BCUT2D eigenvalue weighted by Gasteiger charge is 2.11. The standard InChI is InChI=1S/C12H13Cl3NO2/c1-2-3-4-5-18-12(17)16-11-9(14)6-8(13)7-10(11)15/h6-7H,1-5H2,(H,16,17). The predicted octanol–water partition coefficient (Wildman–Crippen LogP) is 5.20. The van der Waals surface area contributed by atoms with E-state index < -0.39 is 6.09 Å². The van der Waals surface area contributed by atoms with Crippen LogP contribution < -0.4 is 5.32 Å². The predicted molar refractivity (Wildman–Crippen MR) is 75.7 cm³/mol. The molecule has 0 fully saturated rings. The van der Waals surface area contributed by atoms with Crippen LogP contribution in [0.5, 0.6) is 0 Å². The van der Waals surface area contributed by atoms with E-state index in [0.29, 0.717) is 17.3 Å². The molecule has 0 aliphatic rings. The van der Waals surface area contributed by atoms with Gasteiger partial charge < -0.3 is 4.74 Å². The maximum absolute atomic E-state index is 11.5. The van der Waals surface area contributed by atoms with Crippen molar-refractivity contribution in [1.29, 1.82) is 0 Å². The lowest BCUT2D eigenvalue weighted by atomic mass is 10.3. The van der Waals surface area contributed by atoms with Gasteiger partial charge in [0.2, 0.25) is 0 Å². The number of carbonyl (C=O) groups excluding carboxylic acids is 1. The molecule has 0 aromatic heterocycles. The van der Waals surface area contributed by atoms with Gasteiger partial charge in [0.05, 0.1) is 22.3 Å². The summed E-state index contributed by atoms with van der Waals surface area (Å²) in [5, 5.41) is 3.42. The van der Waals surface area contributed by atoms with E-state index in [0.717, 1.165) is 19.3 Å². The van der Waals surface area contributed by atoms with E-state index in [4.69, 9.17) is 39.5 Å². The van der Waals surface area contributed by atoms with E-state index in [-0.39, 0.29) is 10.0 Å². The number of halogens is 3. The van der Waals surface area contributed by atoms with E-state index in [1.165, 1.54) is 12.1 Å². The summed E-state index contributed by atoms with van der Waals surface area (Å²) in [7, 11) is 0. The van der Waals surface area contributed by atoms with Gasteiger partial charge in [-0.05, 0) is 18.6 Å². The molecule has 0 saturated heterocycles. The minimum atomic E-state index is -0.592. The van der Waals surface area contributed by atoms with Crippen molar-refractivity contribution < 1.29 is 9.53 Å². The minimum Gasteiger partial charge on any atom is -0.449 e. The fourth-order valence-electron chi connectivity index (χ4n) is 1.24. The number of amides is 1. The Labute approximate surface area is 121 Å². The zero-order valence-corrected chi connectivity index (χ0v) is 11.9. The van der Waals surface area contributed by atoms with Gasteiger partial charge in [0.25, 0.3) is 0 Å². The molecule has 18 heavy (non-hydrogen) atoms. The van der Waals surface area contributed by atoms with Crippen LogP contribution in [0.3, 0.4) is 0 Å². The molecule has 0 aliphatic carbocycles. The zero-order chi connectivity index (χ0) is 13.5. The van der Waals surface area contributed by atoms with Crippen molar-refractivity contribution in [2.75, 3.05) is 11.9 Å². The zero-order valence-electron chi connectivity index (χ0n) is 9.64. The molecule has 1 rings (SSSR count). The average molecular weight is 310 g/mol. The van der Waals surface area contributed by atoms with Crippen molar-refractivity contribution in [1.82, 2.24) is 0 Å². The van der Waals surface area contributed by atoms with Gasteiger partial charge in [-0.15, -0.1) is 0 Å². The van der Waals surface area contributed by atoms with Crippen molar-refractivity contribution >= 4 is 46.6 Å². The van der Waals surface area contributed by atoms with E-state index >= 15 is 0 Å². The molecule has 1 aromatic rings. The van der Waals surface area contributed by atoms with E-state index in [2.05, 4.69) is 12.2 Å². The summed E-state index contributed by atoms with van der Waals surface area (Å²) in [5.74, 6) is 0. The molecule has 3 nitrogen and oxygen atoms in total. The fraction of sp³-hybridized carbons (Fsp3) is 0.333. The molecule has 0 bridgehead atoms. The molecule has 1 aromatic carbocycles. The SMILES string of the molecule is [CH2]CCCCOC(=O)Nc1c(Cl)cc(Cl)cc1Cl. The number of rotatable bonds is 5. The van der Waals surface area contributed by atoms with Gasteiger partial charge in [0.1, 0.15) is 0 Å². The van der Waals surface area contributed by atoms with Crippen LogP contribution in [0.4, 0.5) is 10.5 Å². The Morgan fingerprint density at radius 3 is 2.39 bits per heavy atom. The molecule has 1 N–H and O–H groups in total. The molecule has 0 atom stereocenters. The quantitative estimate of drug-likeness (QED) is 0.759. The molecule has 0 unspecified atom stereocenters. The first-order chi connectivity index (χ1) is 8.54. The number of hydrogen-bond acceptors (Lipinski definition) is 2. The van der Waals surface area contributed by atoms with Gasteiger partial charge in [-0.1, -0.05) is 54.6 Å². The number of nitrogens with one attached hydrogen (secondary N) is 1. The molecule has 99 valence electrons. The smallest absolute Gasteiger partial charge is 0.411 e. The van der Waals surface area contributed by atoms with Crippen LogP contribution in [0.25, 0.3) is 0 Å². The van der Waals surface area contributed by atoms with Crippen LogP contribution in [0.15, 0.2) is 12.1 Å². The second-order valence-electron chi connectivity index (χ2n) is 3.57. The second-order valence-corrected chi connectivity index (χ2v) is 4.82. The van der Waals surface area contributed by atoms with Crippen LogP contribution >= 0.6 is 34.8 Å². The Hall–Kier alpha value is -0.640. The molecule has 0 heterocycles. The number of unbranched alkanes of at least 4 members (excludes halogenated alkanes) is 2. The summed E-state index contributed by atoms with van der Waals surface area (Å²) in [5.41, 5.74) is 0.296. The maximum atomic E-state index is 11.5. The molecule has 0 aliphatic heterocycles. The molecule has 0 saturated carbocycles. The molecular formula is C12H13Cl3NO2. The van der Waals surface area contributed by atoms with Crippen molar-refractivity contribution in [3.63, 3.8) is 0 Å². The van der Waals surface area contributed by atoms with E-state index in [1.54, 1.807) is 0 Å². The summed E-state index contributed by atoms with van der Waals surface area (Å²) in [6.45, 7) is 4.04. The van der Waals surface area contributed by atoms with Gasteiger partial charge in [-0.2, -0.15) is 0 Å². The number of benzene rings is 1. The van der Waals surface area contributed by atoms with Crippen LogP contribution in [-0.2, 0) is 4.74 Å². The maximum Gasteiger partial charge on any atom is 0.411 e. The number of hydrogen-bond donors (Lipinski definition) is 1. The third-order valence-corrected chi connectivity index (χ3v) is 2.93. The molecule has 1 amide bonds. The Bertz CT molecular complexity index is 401. The van der Waals surface area contributed by atoms with Crippen molar-refractivity contribution in [3.05, 3.63) is 34.1 Å². The molecule has 1 radical (unpaired) electrons. The lowest BCUT2D eigenvalue weighted by Crippen LogP contribution is -2.15. The van der Waals surface area contributed by atoms with Crippen LogP contribution in [0.2, 0.25) is 15.1 Å². The summed E-state index contributed by atoms with van der Waals surface area (Å²) < 4.78 is 4.96. The monoisotopic (exact) mass is 308 g/mol. The largest absolute Gasteiger partial charge is 0.449 e.